The van der Waals surface area contributed by atoms with Gasteiger partial charge in [-0.1, -0.05) is 0 Å². The van der Waals surface area contributed by atoms with Crippen LogP contribution in [-0.2, 0) is 6.42 Å². The first-order valence-corrected chi connectivity index (χ1v) is 5.63. The Morgan fingerprint density at radius 1 is 1.44 bits per heavy atom. The van der Waals surface area contributed by atoms with Crippen LogP contribution in [0.15, 0.2) is 18.2 Å². The lowest BCUT2D eigenvalue weighted by Gasteiger charge is -2.27. The highest BCUT2D eigenvalue weighted by Gasteiger charge is 2.24. The molecule has 0 aromatic heterocycles. The fourth-order valence-electron chi connectivity index (χ4n) is 1.98. The van der Waals surface area contributed by atoms with Crippen LogP contribution in [0, 0.1) is 0 Å². The molecule has 1 atom stereocenters. The molecule has 3 heteroatoms. The van der Waals surface area contributed by atoms with Crippen molar-refractivity contribution in [3.63, 3.8) is 0 Å². The van der Waals surface area contributed by atoms with Crippen LogP contribution in [0.4, 0.5) is 0 Å². The summed E-state index contributed by atoms with van der Waals surface area (Å²) >= 11 is 0. The van der Waals surface area contributed by atoms with E-state index in [1.165, 1.54) is 0 Å². The van der Waals surface area contributed by atoms with Gasteiger partial charge < -0.3 is 14.6 Å². The zero-order valence-corrected chi connectivity index (χ0v) is 9.82. The average Bonchev–Trinajstić information content (AvgIpc) is 2.25. The zero-order chi connectivity index (χ0) is 11.6. The number of methoxy groups -OCH3 is 1. The maximum absolute atomic E-state index is 9.96. The molecule has 0 amide bonds. The minimum atomic E-state index is -0.711. The SMILES string of the molecule is COc1ccc2c(c1)CCCC(C)(O)CO2. The van der Waals surface area contributed by atoms with E-state index in [0.717, 1.165) is 36.3 Å². The number of rotatable bonds is 1. The fraction of sp³-hybridized carbons (Fsp3) is 0.538. The summed E-state index contributed by atoms with van der Waals surface area (Å²) in [5, 5.41) is 9.96. The first-order chi connectivity index (χ1) is 7.61. The van der Waals surface area contributed by atoms with Gasteiger partial charge in [0.05, 0.1) is 12.7 Å². The van der Waals surface area contributed by atoms with Gasteiger partial charge in [0.25, 0.3) is 0 Å². The Bertz CT molecular complexity index is 371. The van der Waals surface area contributed by atoms with Crippen LogP contribution in [0.5, 0.6) is 11.5 Å². The lowest BCUT2D eigenvalue weighted by Crippen LogP contribution is -2.33. The number of hydrogen-bond donors (Lipinski definition) is 1. The van der Waals surface area contributed by atoms with Crippen molar-refractivity contribution in [2.45, 2.75) is 31.8 Å². The van der Waals surface area contributed by atoms with E-state index < -0.39 is 5.60 Å². The Labute approximate surface area is 96.0 Å². The molecule has 0 radical (unpaired) electrons. The molecule has 16 heavy (non-hydrogen) atoms. The summed E-state index contributed by atoms with van der Waals surface area (Å²) in [6.07, 6.45) is 2.66. The van der Waals surface area contributed by atoms with Crippen molar-refractivity contribution < 1.29 is 14.6 Å². The van der Waals surface area contributed by atoms with Gasteiger partial charge in [0.15, 0.2) is 0 Å². The van der Waals surface area contributed by atoms with Gasteiger partial charge in [0.2, 0.25) is 0 Å². The van der Waals surface area contributed by atoms with Crippen LogP contribution in [-0.4, -0.2) is 24.4 Å². The van der Waals surface area contributed by atoms with E-state index in [4.69, 9.17) is 9.47 Å². The topological polar surface area (TPSA) is 38.7 Å². The second-order valence-corrected chi connectivity index (χ2v) is 4.61. The highest BCUT2D eigenvalue weighted by atomic mass is 16.5. The molecule has 1 aromatic rings. The van der Waals surface area contributed by atoms with Crippen molar-refractivity contribution in [1.29, 1.82) is 0 Å². The Hall–Kier alpha value is -1.22. The summed E-state index contributed by atoms with van der Waals surface area (Å²) in [5.41, 5.74) is 0.451. The van der Waals surface area contributed by atoms with Crippen molar-refractivity contribution in [2.75, 3.05) is 13.7 Å². The van der Waals surface area contributed by atoms with E-state index in [0.29, 0.717) is 6.61 Å². The molecular weight excluding hydrogens is 204 g/mol. The fourth-order valence-corrected chi connectivity index (χ4v) is 1.98. The van der Waals surface area contributed by atoms with Crippen LogP contribution >= 0.6 is 0 Å². The third kappa shape index (κ3) is 2.47. The smallest absolute Gasteiger partial charge is 0.122 e. The highest BCUT2D eigenvalue weighted by molar-refractivity contribution is 5.40. The van der Waals surface area contributed by atoms with Crippen LogP contribution in [0.1, 0.15) is 25.3 Å². The molecule has 1 aromatic carbocycles. The molecule has 1 aliphatic rings. The molecule has 0 spiro atoms. The zero-order valence-electron chi connectivity index (χ0n) is 9.82. The van der Waals surface area contributed by atoms with Crippen LogP contribution in [0.2, 0.25) is 0 Å². The quantitative estimate of drug-likeness (QED) is 0.791. The molecule has 0 saturated carbocycles. The van der Waals surface area contributed by atoms with Crippen molar-refractivity contribution in [3.8, 4) is 11.5 Å². The third-order valence-corrected chi connectivity index (χ3v) is 2.97. The Balaban J connectivity index is 2.23. The van der Waals surface area contributed by atoms with Gasteiger partial charge in [-0.05, 0) is 49.9 Å². The monoisotopic (exact) mass is 222 g/mol. The first kappa shape index (κ1) is 11.3. The molecule has 1 unspecified atom stereocenters. The molecule has 1 N–H and O–H groups in total. The van der Waals surface area contributed by atoms with Crippen molar-refractivity contribution >= 4 is 0 Å². The van der Waals surface area contributed by atoms with E-state index in [2.05, 4.69) is 0 Å². The van der Waals surface area contributed by atoms with Gasteiger partial charge in [-0.3, -0.25) is 0 Å². The largest absolute Gasteiger partial charge is 0.497 e. The van der Waals surface area contributed by atoms with E-state index in [-0.39, 0.29) is 0 Å². The van der Waals surface area contributed by atoms with Crippen molar-refractivity contribution in [3.05, 3.63) is 23.8 Å². The Morgan fingerprint density at radius 3 is 3.00 bits per heavy atom. The van der Waals surface area contributed by atoms with Gasteiger partial charge in [-0.15, -0.1) is 0 Å². The Kier molecular flexibility index (Phi) is 3.06. The normalized spacial score (nSPS) is 24.9. The lowest BCUT2D eigenvalue weighted by molar-refractivity contribution is -0.000292. The van der Waals surface area contributed by atoms with E-state index in [1.807, 2.05) is 25.1 Å². The molecule has 3 nitrogen and oxygen atoms in total. The van der Waals surface area contributed by atoms with Crippen molar-refractivity contribution in [2.24, 2.45) is 0 Å². The van der Waals surface area contributed by atoms with E-state index in [9.17, 15) is 5.11 Å². The maximum Gasteiger partial charge on any atom is 0.122 e. The van der Waals surface area contributed by atoms with E-state index >= 15 is 0 Å². The highest BCUT2D eigenvalue weighted by Crippen LogP contribution is 2.29. The number of fused-ring (bicyclic) bond motifs is 1. The van der Waals surface area contributed by atoms with Crippen LogP contribution in [0.3, 0.4) is 0 Å². The maximum atomic E-state index is 9.96. The predicted octanol–water partition coefficient (Wildman–Crippen LogP) is 2.16. The number of hydrogen-bond acceptors (Lipinski definition) is 3. The van der Waals surface area contributed by atoms with Crippen molar-refractivity contribution in [1.82, 2.24) is 0 Å². The van der Waals surface area contributed by atoms with E-state index in [1.54, 1.807) is 7.11 Å². The summed E-state index contributed by atoms with van der Waals surface area (Å²) in [4.78, 5) is 0. The van der Waals surface area contributed by atoms with Crippen LogP contribution < -0.4 is 9.47 Å². The molecule has 1 heterocycles. The van der Waals surface area contributed by atoms with Crippen LogP contribution in [0.25, 0.3) is 0 Å². The number of aliphatic hydroxyl groups is 1. The number of aryl methyl sites for hydroxylation is 1. The Morgan fingerprint density at radius 2 is 2.25 bits per heavy atom. The second kappa shape index (κ2) is 4.34. The average molecular weight is 222 g/mol. The van der Waals surface area contributed by atoms with Gasteiger partial charge >= 0.3 is 0 Å². The van der Waals surface area contributed by atoms with Gasteiger partial charge in [0, 0.05) is 0 Å². The first-order valence-electron chi connectivity index (χ1n) is 5.63. The minimum Gasteiger partial charge on any atom is -0.497 e. The standard InChI is InChI=1S/C13H18O3/c1-13(14)7-3-4-10-8-11(15-2)5-6-12(10)16-9-13/h5-6,8,14H,3-4,7,9H2,1-2H3. The molecule has 2 rings (SSSR count). The second-order valence-electron chi connectivity index (χ2n) is 4.61. The number of ether oxygens (including phenoxy) is 2. The molecule has 0 bridgehead atoms. The summed E-state index contributed by atoms with van der Waals surface area (Å²) in [5.74, 6) is 1.72. The molecular formula is C13H18O3. The molecule has 1 aliphatic heterocycles. The van der Waals surface area contributed by atoms with Gasteiger partial charge in [-0.2, -0.15) is 0 Å². The third-order valence-electron chi connectivity index (χ3n) is 2.97. The summed E-state index contributed by atoms with van der Waals surface area (Å²) in [7, 11) is 1.66. The number of benzene rings is 1. The molecule has 0 aliphatic carbocycles. The summed E-state index contributed by atoms with van der Waals surface area (Å²) in [6.45, 7) is 2.17. The molecule has 0 saturated heterocycles. The van der Waals surface area contributed by atoms with Gasteiger partial charge in [-0.25, -0.2) is 0 Å². The van der Waals surface area contributed by atoms with Gasteiger partial charge in [0.1, 0.15) is 18.1 Å². The lowest BCUT2D eigenvalue weighted by atomic mass is 9.96. The predicted molar refractivity (Wildman–Crippen MR) is 62.1 cm³/mol. The summed E-state index contributed by atoms with van der Waals surface area (Å²) < 4.78 is 10.8. The summed E-state index contributed by atoms with van der Waals surface area (Å²) in [6, 6.07) is 5.81. The molecule has 0 fully saturated rings. The molecule has 88 valence electrons. The minimum absolute atomic E-state index is 0.354.